The third-order valence-corrected chi connectivity index (χ3v) is 2.83. The summed E-state index contributed by atoms with van der Waals surface area (Å²) in [6.07, 6.45) is 1.94. The van der Waals surface area contributed by atoms with Crippen LogP contribution in [0.5, 0.6) is 0 Å². The Morgan fingerprint density at radius 1 is 1.50 bits per heavy atom. The van der Waals surface area contributed by atoms with E-state index in [4.69, 9.17) is 0 Å². The summed E-state index contributed by atoms with van der Waals surface area (Å²) in [6.45, 7) is 0.536. The molecule has 1 aliphatic rings. The molecular weight excluding hydrogens is 208 g/mol. The van der Waals surface area contributed by atoms with E-state index in [-0.39, 0.29) is 18.2 Å². The number of likely N-dealkylation sites (tertiary alicyclic amines) is 1. The van der Waals surface area contributed by atoms with Crippen LogP contribution in [-0.4, -0.2) is 39.6 Å². The number of carbonyl (C=O) groups is 2. The molecule has 1 atom stereocenters. The average molecular weight is 222 g/mol. The summed E-state index contributed by atoms with van der Waals surface area (Å²) < 4.78 is 1.73. The summed E-state index contributed by atoms with van der Waals surface area (Å²) in [6, 6.07) is 1.48. The number of nitrogens with zero attached hydrogens (tertiary/aromatic N) is 3. The molecule has 1 unspecified atom stereocenters. The zero-order chi connectivity index (χ0) is 11.7. The molecule has 0 aliphatic carbocycles. The molecule has 1 aromatic heterocycles. The summed E-state index contributed by atoms with van der Waals surface area (Å²) in [7, 11) is 3.35. The number of hydrogen-bond donors (Lipinski definition) is 1. The van der Waals surface area contributed by atoms with Crippen LogP contribution < -0.4 is 5.32 Å². The fourth-order valence-corrected chi connectivity index (χ4v) is 1.72. The Morgan fingerprint density at radius 2 is 2.25 bits per heavy atom. The molecule has 0 radical (unpaired) electrons. The minimum atomic E-state index is -0.396. The van der Waals surface area contributed by atoms with Crippen LogP contribution in [0.1, 0.15) is 12.1 Å². The lowest BCUT2D eigenvalue weighted by Gasteiger charge is -2.10. The van der Waals surface area contributed by atoms with Gasteiger partial charge in [-0.3, -0.25) is 24.5 Å². The standard InChI is InChI=1S/C10H14N4O2/c1-13-9(15)5-8(10(13)16)11-6-7-3-4-12-14(7)2/h3-4,8,11H,5-6H2,1-2H3. The highest BCUT2D eigenvalue weighted by Crippen LogP contribution is 2.11. The summed E-state index contributed by atoms with van der Waals surface area (Å²) in [5, 5.41) is 7.09. The van der Waals surface area contributed by atoms with E-state index in [1.165, 1.54) is 11.9 Å². The van der Waals surface area contributed by atoms with Crippen molar-refractivity contribution in [2.24, 2.45) is 7.05 Å². The molecule has 6 nitrogen and oxygen atoms in total. The number of likely N-dealkylation sites (N-methyl/N-ethyl adjacent to an activating group) is 1. The predicted molar refractivity (Wildman–Crippen MR) is 56.2 cm³/mol. The van der Waals surface area contributed by atoms with Gasteiger partial charge in [0.25, 0.3) is 0 Å². The van der Waals surface area contributed by atoms with Gasteiger partial charge in [0.1, 0.15) is 0 Å². The van der Waals surface area contributed by atoms with Gasteiger partial charge in [-0.25, -0.2) is 0 Å². The summed E-state index contributed by atoms with van der Waals surface area (Å²) in [5.41, 5.74) is 0.981. The SMILES string of the molecule is CN1C(=O)CC(NCc2ccnn2C)C1=O. The molecule has 1 fully saturated rings. The molecule has 6 heteroatoms. The number of aromatic nitrogens is 2. The zero-order valence-electron chi connectivity index (χ0n) is 9.30. The van der Waals surface area contributed by atoms with Gasteiger partial charge in [0.05, 0.1) is 18.2 Å². The van der Waals surface area contributed by atoms with E-state index < -0.39 is 6.04 Å². The largest absolute Gasteiger partial charge is 0.300 e. The minimum Gasteiger partial charge on any atom is -0.300 e. The van der Waals surface area contributed by atoms with Crippen LogP contribution in [0.2, 0.25) is 0 Å². The number of carbonyl (C=O) groups excluding carboxylic acids is 2. The van der Waals surface area contributed by atoms with Gasteiger partial charge in [0.15, 0.2) is 0 Å². The van der Waals surface area contributed by atoms with Crippen LogP contribution in [0, 0.1) is 0 Å². The molecule has 2 amide bonds. The van der Waals surface area contributed by atoms with E-state index in [2.05, 4.69) is 10.4 Å². The van der Waals surface area contributed by atoms with Crippen molar-refractivity contribution in [1.29, 1.82) is 0 Å². The zero-order valence-corrected chi connectivity index (χ0v) is 9.30. The Balaban J connectivity index is 1.95. The number of hydrogen-bond acceptors (Lipinski definition) is 4. The molecular formula is C10H14N4O2. The quantitative estimate of drug-likeness (QED) is 0.684. The van der Waals surface area contributed by atoms with Crippen molar-refractivity contribution in [3.05, 3.63) is 18.0 Å². The van der Waals surface area contributed by atoms with Crippen molar-refractivity contribution < 1.29 is 9.59 Å². The number of imide groups is 1. The molecule has 0 aromatic carbocycles. The Labute approximate surface area is 93.2 Å². The molecule has 1 aliphatic heterocycles. The molecule has 0 bridgehead atoms. The van der Waals surface area contributed by atoms with Crippen molar-refractivity contribution in [1.82, 2.24) is 20.0 Å². The molecule has 16 heavy (non-hydrogen) atoms. The van der Waals surface area contributed by atoms with Gasteiger partial charge < -0.3 is 0 Å². The van der Waals surface area contributed by atoms with Crippen molar-refractivity contribution in [3.8, 4) is 0 Å². The van der Waals surface area contributed by atoms with E-state index in [9.17, 15) is 9.59 Å². The lowest BCUT2D eigenvalue weighted by Crippen LogP contribution is -2.37. The molecule has 86 valence electrons. The van der Waals surface area contributed by atoms with E-state index in [0.717, 1.165) is 5.69 Å². The summed E-state index contributed by atoms with van der Waals surface area (Å²) in [5.74, 6) is -0.292. The lowest BCUT2D eigenvalue weighted by molar-refractivity contribution is -0.137. The first kappa shape index (κ1) is 10.8. The third-order valence-electron chi connectivity index (χ3n) is 2.83. The molecule has 0 saturated carbocycles. The van der Waals surface area contributed by atoms with Crippen LogP contribution >= 0.6 is 0 Å². The van der Waals surface area contributed by atoms with Gasteiger partial charge in [-0.15, -0.1) is 0 Å². The highest BCUT2D eigenvalue weighted by molar-refractivity contribution is 6.05. The Hall–Kier alpha value is -1.69. The molecule has 1 aromatic rings. The first-order valence-electron chi connectivity index (χ1n) is 5.10. The average Bonchev–Trinajstić information content (AvgIpc) is 2.76. The number of rotatable bonds is 3. The van der Waals surface area contributed by atoms with Crippen molar-refractivity contribution in [2.45, 2.75) is 19.0 Å². The third kappa shape index (κ3) is 1.83. The maximum absolute atomic E-state index is 11.6. The molecule has 2 rings (SSSR count). The highest BCUT2D eigenvalue weighted by atomic mass is 16.2. The summed E-state index contributed by atoms with van der Waals surface area (Å²) in [4.78, 5) is 24.0. The predicted octanol–water partition coefficient (Wildman–Crippen LogP) is -0.733. The van der Waals surface area contributed by atoms with E-state index in [0.29, 0.717) is 6.54 Å². The number of amides is 2. The van der Waals surface area contributed by atoms with Crippen molar-refractivity contribution in [3.63, 3.8) is 0 Å². The topological polar surface area (TPSA) is 67.2 Å². The highest BCUT2D eigenvalue weighted by Gasteiger charge is 2.35. The van der Waals surface area contributed by atoms with Gasteiger partial charge in [0, 0.05) is 26.8 Å². The van der Waals surface area contributed by atoms with E-state index in [1.54, 1.807) is 10.9 Å². The Kier molecular flexibility index (Phi) is 2.74. The maximum Gasteiger partial charge on any atom is 0.246 e. The van der Waals surface area contributed by atoms with Crippen LogP contribution in [0.4, 0.5) is 0 Å². The number of nitrogens with one attached hydrogen (secondary N) is 1. The second-order valence-corrected chi connectivity index (χ2v) is 3.87. The smallest absolute Gasteiger partial charge is 0.246 e. The van der Waals surface area contributed by atoms with Crippen LogP contribution in [0.25, 0.3) is 0 Å². The van der Waals surface area contributed by atoms with Crippen molar-refractivity contribution in [2.75, 3.05) is 7.05 Å². The fourth-order valence-electron chi connectivity index (χ4n) is 1.72. The monoisotopic (exact) mass is 222 g/mol. The Bertz CT molecular complexity index is 426. The van der Waals surface area contributed by atoms with Crippen LogP contribution in [0.15, 0.2) is 12.3 Å². The summed E-state index contributed by atoms with van der Waals surface area (Å²) >= 11 is 0. The molecule has 0 spiro atoms. The normalized spacial score (nSPS) is 20.9. The van der Waals surface area contributed by atoms with Gasteiger partial charge >= 0.3 is 0 Å². The second kappa shape index (κ2) is 4.05. The van der Waals surface area contributed by atoms with E-state index in [1.807, 2.05) is 13.1 Å². The van der Waals surface area contributed by atoms with Crippen LogP contribution in [0.3, 0.4) is 0 Å². The molecule has 1 saturated heterocycles. The first-order chi connectivity index (χ1) is 7.59. The molecule has 2 heterocycles. The second-order valence-electron chi connectivity index (χ2n) is 3.87. The van der Waals surface area contributed by atoms with Gasteiger partial charge in [-0.1, -0.05) is 0 Å². The van der Waals surface area contributed by atoms with Crippen LogP contribution in [-0.2, 0) is 23.2 Å². The minimum absolute atomic E-state index is 0.132. The van der Waals surface area contributed by atoms with Crippen molar-refractivity contribution >= 4 is 11.8 Å². The first-order valence-corrected chi connectivity index (χ1v) is 5.10. The Morgan fingerprint density at radius 3 is 2.75 bits per heavy atom. The fraction of sp³-hybridized carbons (Fsp3) is 0.500. The number of aryl methyl sites for hydroxylation is 1. The molecule has 1 N–H and O–H groups in total. The maximum atomic E-state index is 11.6. The van der Waals surface area contributed by atoms with E-state index >= 15 is 0 Å². The lowest BCUT2D eigenvalue weighted by atomic mass is 10.2. The van der Waals surface area contributed by atoms with Gasteiger partial charge in [-0.2, -0.15) is 5.10 Å². The van der Waals surface area contributed by atoms with Gasteiger partial charge in [0.2, 0.25) is 11.8 Å². The van der Waals surface area contributed by atoms with Gasteiger partial charge in [-0.05, 0) is 6.07 Å².